The lowest BCUT2D eigenvalue weighted by molar-refractivity contribution is -0.140. The topological polar surface area (TPSA) is 17.1 Å². The molecule has 1 nitrogen and oxygen atoms in total. The number of ketones is 1. The highest BCUT2D eigenvalue weighted by molar-refractivity contribution is 6.35. The van der Waals surface area contributed by atoms with Crippen molar-refractivity contribution in [3.63, 3.8) is 0 Å². The van der Waals surface area contributed by atoms with Crippen LogP contribution in [0.1, 0.15) is 39.9 Å². The maximum atomic E-state index is 14.6. The Labute approximate surface area is 174 Å². The largest absolute Gasteiger partial charge is 0.417 e. The Morgan fingerprint density at radius 2 is 1.53 bits per heavy atom. The van der Waals surface area contributed by atoms with Gasteiger partial charge in [0.05, 0.1) is 15.6 Å². The Balaban J connectivity index is 2.62. The quantitative estimate of drug-likeness (QED) is 0.248. The molecule has 0 amide bonds. The number of hydrogen-bond acceptors (Lipinski definition) is 1. The van der Waals surface area contributed by atoms with E-state index in [1.807, 2.05) is 0 Å². The second kappa shape index (κ2) is 8.55. The number of carbonyl (C=O) groups excluding carboxylic acids is 1. The van der Waals surface area contributed by atoms with Crippen molar-refractivity contribution in [1.82, 2.24) is 0 Å². The van der Waals surface area contributed by atoms with E-state index in [1.165, 1.54) is 0 Å². The fourth-order valence-electron chi connectivity index (χ4n) is 2.61. The molecule has 0 fully saturated rings. The van der Waals surface area contributed by atoms with E-state index in [0.29, 0.717) is 18.2 Å². The van der Waals surface area contributed by atoms with Gasteiger partial charge in [0.2, 0.25) is 0 Å². The smallest absolute Gasteiger partial charge is 0.294 e. The van der Waals surface area contributed by atoms with Gasteiger partial charge in [-0.05, 0) is 36.8 Å². The molecule has 162 valence electrons. The van der Waals surface area contributed by atoms with Gasteiger partial charge in [0.15, 0.2) is 11.6 Å². The van der Waals surface area contributed by atoms with Crippen molar-refractivity contribution >= 4 is 34.8 Å². The third kappa shape index (κ3) is 5.31. The van der Waals surface area contributed by atoms with E-state index in [9.17, 15) is 39.9 Å². The van der Waals surface area contributed by atoms with Crippen molar-refractivity contribution in [1.29, 1.82) is 0 Å². The second-order valence-corrected chi connectivity index (χ2v) is 6.96. The van der Waals surface area contributed by atoms with Crippen molar-refractivity contribution in [3.8, 4) is 0 Å². The minimum absolute atomic E-state index is 0.0167. The normalized spacial score (nSPS) is 14.0. The van der Waals surface area contributed by atoms with Gasteiger partial charge in [-0.15, -0.1) is 0 Å². The molecule has 0 saturated carbocycles. The summed E-state index contributed by atoms with van der Waals surface area (Å²) in [4.78, 5) is 11.4. The summed E-state index contributed by atoms with van der Waals surface area (Å²) >= 11 is 11.0. The van der Waals surface area contributed by atoms with E-state index in [1.54, 1.807) is 0 Å². The number of carbonyl (C=O) groups is 1. The molecule has 1 atom stereocenters. The molecule has 0 aromatic heterocycles. The van der Waals surface area contributed by atoms with Crippen LogP contribution in [0.2, 0.25) is 10.0 Å². The second-order valence-electron chi connectivity index (χ2n) is 6.15. The lowest BCUT2D eigenvalue weighted by atomic mass is 9.95. The monoisotopic (exact) mass is 476 g/mol. The van der Waals surface area contributed by atoms with Crippen molar-refractivity contribution in [2.75, 3.05) is 0 Å². The van der Waals surface area contributed by atoms with E-state index < -0.39 is 68.0 Å². The van der Waals surface area contributed by atoms with E-state index in [-0.39, 0.29) is 12.1 Å². The van der Waals surface area contributed by atoms with Crippen molar-refractivity contribution in [2.24, 2.45) is 0 Å². The molecule has 0 heterocycles. The maximum absolute atomic E-state index is 14.6. The van der Waals surface area contributed by atoms with Gasteiger partial charge >= 0.3 is 12.4 Å². The molecule has 2 aromatic carbocycles. The number of benzene rings is 2. The molecule has 0 aliphatic rings. The summed E-state index contributed by atoms with van der Waals surface area (Å²) in [5, 5.41) is -1.49. The number of Topliss-reactive ketones (excluding diaryl/α,β-unsaturated/α-hetero) is 1. The minimum atomic E-state index is -5.10. The van der Waals surface area contributed by atoms with Gasteiger partial charge in [0.1, 0.15) is 11.7 Å². The number of halogens is 10. The van der Waals surface area contributed by atoms with E-state index in [0.717, 1.165) is 13.0 Å². The van der Waals surface area contributed by atoms with Crippen LogP contribution >= 0.6 is 23.2 Å². The molecule has 0 spiro atoms. The van der Waals surface area contributed by atoms with E-state index in [4.69, 9.17) is 23.2 Å². The Kier molecular flexibility index (Phi) is 6.88. The molecule has 0 radical (unpaired) electrons. The molecule has 1 unspecified atom stereocenters. The van der Waals surface area contributed by atoms with Gasteiger partial charge in [0, 0.05) is 11.1 Å². The predicted octanol–water partition coefficient (Wildman–Crippen LogP) is 8.01. The molecule has 2 rings (SSSR count). The first-order chi connectivity index (χ1) is 13.6. The molecule has 30 heavy (non-hydrogen) atoms. The van der Waals surface area contributed by atoms with Crippen molar-refractivity contribution in [3.05, 3.63) is 74.5 Å². The molecule has 0 N–H and O–H groups in total. The zero-order chi connectivity index (χ0) is 23.0. The zero-order valence-electron chi connectivity index (χ0n) is 14.7. The zero-order valence-corrected chi connectivity index (χ0v) is 16.2. The standard InChI is InChI=1S/C19H10Cl2F8O/c1-8(30)11-3-2-9(4-13(11)19(27,28)29)16(22)7-12(18(24,25)26)10-5-14(20)17(23)15(21)6-10/h2-7,12H,1H3/b16-7-. The lowest BCUT2D eigenvalue weighted by Gasteiger charge is -2.19. The number of alkyl halides is 6. The van der Waals surface area contributed by atoms with Crippen LogP contribution in [0.15, 0.2) is 36.4 Å². The summed E-state index contributed by atoms with van der Waals surface area (Å²) in [6.45, 7) is 0.859. The minimum Gasteiger partial charge on any atom is -0.294 e. The Bertz CT molecular complexity index is 986. The van der Waals surface area contributed by atoms with Gasteiger partial charge in [0.25, 0.3) is 0 Å². The van der Waals surface area contributed by atoms with Gasteiger partial charge in [-0.2, -0.15) is 26.3 Å². The Hall–Kier alpha value is -2.13. The summed E-state index contributed by atoms with van der Waals surface area (Å²) in [6.07, 6.45) is -10.1. The summed E-state index contributed by atoms with van der Waals surface area (Å²) in [5.74, 6) is -6.46. The van der Waals surface area contributed by atoms with Crippen LogP contribution < -0.4 is 0 Å². The fourth-order valence-corrected chi connectivity index (χ4v) is 3.12. The third-order valence-corrected chi connectivity index (χ3v) is 4.56. The van der Waals surface area contributed by atoms with Crippen LogP contribution in [0, 0.1) is 5.82 Å². The fraction of sp³-hybridized carbons (Fsp3) is 0.211. The first kappa shape index (κ1) is 24.1. The highest BCUT2D eigenvalue weighted by Gasteiger charge is 2.41. The van der Waals surface area contributed by atoms with Crippen LogP contribution in [0.5, 0.6) is 0 Å². The predicted molar refractivity (Wildman–Crippen MR) is 95.7 cm³/mol. The first-order valence-corrected chi connectivity index (χ1v) is 8.69. The van der Waals surface area contributed by atoms with Crippen LogP contribution in [0.4, 0.5) is 35.1 Å². The van der Waals surface area contributed by atoms with E-state index >= 15 is 0 Å². The molecule has 0 bridgehead atoms. The third-order valence-electron chi connectivity index (χ3n) is 4.01. The van der Waals surface area contributed by atoms with Crippen molar-refractivity contribution < 1.29 is 39.9 Å². The van der Waals surface area contributed by atoms with Crippen LogP contribution in [-0.2, 0) is 6.18 Å². The molecule has 0 aliphatic heterocycles. The molecule has 0 aliphatic carbocycles. The van der Waals surface area contributed by atoms with Crippen molar-refractivity contribution in [2.45, 2.75) is 25.2 Å². The van der Waals surface area contributed by atoms with Crippen LogP contribution in [0.3, 0.4) is 0 Å². The summed E-state index contributed by atoms with van der Waals surface area (Å²) < 4.78 is 108. The Morgan fingerprint density at radius 1 is 1.00 bits per heavy atom. The average Bonchev–Trinajstić information content (AvgIpc) is 2.61. The maximum Gasteiger partial charge on any atom is 0.417 e. The molecular formula is C19H10Cl2F8O. The Morgan fingerprint density at radius 3 is 1.97 bits per heavy atom. The lowest BCUT2D eigenvalue weighted by Crippen LogP contribution is -2.19. The molecule has 2 aromatic rings. The van der Waals surface area contributed by atoms with E-state index in [2.05, 4.69) is 0 Å². The molecule has 11 heteroatoms. The summed E-state index contributed by atoms with van der Waals surface area (Å²) in [6, 6.07) is 2.83. The van der Waals surface area contributed by atoms with Gasteiger partial charge < -0.3 is 0 Å². The summed E-state index contributed by atoms with van der Waals surface area (Å²) in [5.41, 5.74) is -3.80. The van der Waals surface area contributed by atoms with Gasteiger partial charge in [-0.1, -0.05) is 35.3 Å². The molecular weight excluding hydrogens is 467 g/mol. The highest BCUT2D eigenvalue weighted by atomic mass is 35.5. The SMILES string of the molecule is CC(=O)c1ccc(/C(F)=C/C(c2cc(Cl)c(F)c(Cl)c2)C(F)(F)F)cc1C(F)(F)F. The van der Waals surface area contributed by atoms with Gasteiger partial charge in [-0.25, -0.2) is 8.78 Å². The highest BCUT2D eigenvalue weighted by Crippen LogP contribution is 2.41. The van der Waals surface area contributed by atoms with Crippen LogP contribution in [-0.4, -0.2) is 12.0 Å². The molecule has 0 saturated heterocycles. The van der Waals surface area contributed by atoms with Crippen LogP contribution in [0.25, 0.3) is 5.83 Å². The number of allylic oxidation sites excluding steroid dienone is 1. The van der Waals surface area contributed by atoms with Gasteiger partial charge in [-0.3, -0.25) is 4.79 Å². The first-order valence-electron chi connectivity index (χ1n) is 7.94. The summed E-state index contributed by atoms with van der Waals surface area (Å²) in [7, 11) is 0. The number of rotatable bonds is 4. The number of hydrogen-bond donors (Lipinski definition) is 0. The average molecular weight is 477 g/mol.